The topological polar surface area (TPSA) is 49.0 Å². The third kappa shape index (κ3) is 4.40. The van der Waals surface area contributed by atoms with Crippen molar-refractivity contribution < 1.29 is 18.9 Å². The van der Waals surface area contributed by atoms with Gasteiger partial charge in [0.15, 0.2) is 5.79 Å². The lowest BCUT2D eigenvalue weighted by molar-refractivity contribution is -0.207. The summed E-state index contributed by atoms with van der Waals surface area (Å²) < 4.78 is 22.8. The van der Waals surface area contributed by atoms with E-state index in [0.717, 1.165) is 51.9 Å². The molecule has 1 aliphatic carbocycles. The van der Waals surface area contributed by atoms with Crippen molar-refractivity contribution in [1.29, 1.82) is 0 Å². The minimum absolute atomic E-state index is 0.172. The zero-order valence-corrected chi connectivity index (χ0v) is 12.9. The van der Waals surface area contributed by atoms with E-state index in [-0.39, 0.29) is 11.9 Å². The molecule has 1 N–H and O–H groups in total. The summed E-state index contributed by atoms with van der Waals surface area (Å²) in [5.41, 5.74) is 0. The third-order valence-corrected chi connectivity index (χ3v) is 4.09. The van der Waals surface area contributed by atoms with Crippen molar-refractivity contribution in [3.05, 3.63) is 0 Å². The molecular weight excluding hydrogens is 258 g/mol. The number of nitrogens with one attached hydrogen (secondary N) is 1. The van der Waals surface area contributed by atoms with Gasteiger partial charge < -0.3 is 24.3 Å². The summed E-state index contributed by atoms with van der Waals surface area (Å²) in [6.07, 6.45) is 5.10. The fourth-order valence-electron chi connectivity index (χ4n) is 3.05. The van der Waals surface area contributed by atoms with Crippen molar-refractivity contribution in [1.82, 2.24) is 5.32 Å². The van der Waals surface area contributed by atoms with Crippen LogP contribution in [0.15, 0.2) is 0 Å². The molecule has 1 saturated carbocycles. The fraction of sp³-hybridized carbons (Fsp3) is 1.00. The largest absolute Gasteiger partial charge is 0.385 e. The minimum Gasteiger partial charge on any atom is -0.385 e. The van der Waals surface area contributed by atoms with Crippen LogP contribution in [-0.4, -0.2) is 58.0 Å². The van der Waals surface area contributed by atoms with Crippen LogP contribution < -0.4 is 5.32 Å². The maximum atomic E-state index is 6.08. The van der Waals surface area contributed by atoms with Crippen molar-refractivity contribution in [2.24, 2.45) is 0 Å². The molecule has 0 radical (unpaired) electrons. The lowest BCUT2D eigenvalue weighted by Gasteiger charge is -2.41. The minimum atomic E-state index is -0.379. The van der Waals surface area contributed by atoms with E-state index < -0.39 is 0 Å². The molecule has 1 heterocycles. The Morgan fingerprint density at radius 3 is 2.75 bits per heavy atom. The van der Waals surface area contributed by atoms with Crippen molar-refractivity contribution >= 4 is 0 Å². The molecule has 2 atom stereocenters. The zero-order chi connectivity index (χ0) is 14.3. The second-order valence-electron chi connectivity index (χ2n) is 5.67. The predicted molar refractivity (Wildman–Crippen MR) is 76.8 cm³/mol. The van der Waals surface area contributed by atoms with Gasteiger partial charge in [-0.25, -0.2) is 0 Å². The van der Waals surface area contributed by atoms with Gasteiger partial charge in [-0.05, 0) is 25.8 Å². The molecule has 5 heteroatoms. The van der Waals surface area contributed by atoms with Gasteiger partial charge in [0.2, 0.25) is 0 Å². The average molecular weight is 287 g/mol. The quantitative estimate of drug-likeness (QED) is 0.689. The Kier molecular flexibility index (Phi) is 6.71. The van der Waals surface area contributed by atoms with E-state index in [9.17, 15) is 0 Å². The van der Waals surface area contributed by atoms with Gasteiger partial charge in [0.25, 0.3) is 0 Å². The zero-order valence-electron chi connectivity index (χ0n) is 12.9. The van der Waals surface area contributed by atoms with Crippen LogP contribution in [0.4, 0.5) is 0 Å². The summed E-state index contributed by atoms with van der Waals surface area (Å²) in [7, 11) is 1.72. The second kappa shape index (κ2) is 8.29. The van der Waals surface area contributed by atoms with Crippen LogP contribution in [0.5, 0.6) is 0 Å². The molecule has 0 aromatic rings. The Labute approximate surface area is 122 Å². The predicted octanol–water partition coefficient (Wildman–Crippen LogP) is 1.70. The van der Waals surface area contributed by atoms with Gasteiger partial charge in [0.05, 0.1) is 19.3 Å². The van der Waals surface area contributed by atoms with Crippen LogP contribution in [0.25, 0.3) is 0 Å². The van der Waals surface area contributed by atoms with Gasteiger partial charge >= 0.3 is 0 Å². The molecule has 0 aromatic carbocycles. The molecule has 2 fully saturated rings. The highest BCUT2D eigenvalue weighted by Gasteiger charge is 2.45. The van der Waals surface area contributed by atoms with Gasteiger partial charge in [0, 0.05) is 39.2 Å². The van der Waals surface area contributed by atoms with Gasteiger partial charge in [-0.2, -0.15) is 0 Å². The first-order chi connectivity index (χ1) is 9.79. The van der Waals surface area contributed by atoms with Gasteiger partial charge in [-0.1, -0.05) is 6.92 Å². The lowest BCUT2D eigenvalue weighted by atomic mass is 9.87. The number of hydrogen-bond acceptors (Lipinski definition) is 5. The molecule has 0 aromatic heterocycles. The molecule has 1 spiro atoms. The number of methoxy groups -OCH3 is 1. The highest BCUT2D eigenvalue weighted by Crippen LogP contribution is 2.37. The van der Waals surface area contributed by atoms with Gasteiger partial charge in [0.1, 0.15) is 0 Å². The van der Waals surface area contributed by atoms with E-state index >= 15 is 0 Å². The molecule has 0 amide bonds. The van der Waals surface area contributed by atoms with Gasteiger partial charge in [-0.3, -0.25) is 0 Å². The van der Waals surface area contributed by atoms with Crippen molar-refractivity contribution in [2.45, 2.75) is 57.0 Å². The summed E-state index contributed by atoms with van der Waals surface area (Å²) in [6.45, 7) is 6.13. The first-order valence-corrected chi connectivity index (χ1v) is 7.91. The Balaban J connectivity index is 1.84. The normalized spacial score (nSPS) is 29.1. The molecule has 2 aliphatic rings. The Bertz CT molecular complexity index is 269. The molecule has 0 bridgehead atoms. The summed E-state index contributed by atoms with van der Waals surface area (Å²) in [5, 5.41) is 3.60. The molecule has 1 saturated heterocycles. The van der Waals surface area contributed by atoms with E-state index in [0.29, 0.717) is 19.3 Å². The molecular formula is C15H29NO4. The monoisotopic (exact) mass is 287 g/mol. The van der Waals surface area contributed by atoms with Crippen molar-refractivity contribution in [3.63, 3.8) is 0 Å². The van der Waals surface area contributed by atoms with E-state index in [1.165, 1.54) is 0 Å². The molecule has 2 unspecified atom stereocenters. The van der Waals surface area contributed by atoms with Crippen LogP contribution in [0, 0.1) is 0 Å². The highest BCUT2D eigenvalue weighted by molar-refractivity contribution is 4.92. The maximum Gasteiger partial charge on any atom is 0.171 e. The molecule has 1 aliphatic heterocycles. The van der Waals surface area contributed by atoms with Crippen LogP contribution in [-0.2, 0) is 18.9 Å². The van der Waals surface area contributed by atoms with Crippen LogP contribution in [0.1, 0.15) is 39.0 Å². The number of hydrogen-bond donors (Lipinski definition) is 1. The first-order valence-electron chi connectivity index (χ1n) is 7.91. The van der Waals surface area contributed by atoms with Gasteiger partial charge in [-0.15, -0.1) is 0 Å². The standard InChI is InChI=1S/C15H29NO4/c1-3-7-16-13-5-6-15(19-10-11-20-15)12-14(13)18-9-4-8-17-2/h13-14,16H,3-12H2,1-2H3. The van der Waals surface area contributed by atoms with Crippen LogP contribution in [0.3, 0.4) is 0 Å². The summed E-state index contributed by atoms with van der Waals surface area (Å²) in [6, 6.07) is 0.413. The van der Waals surface area contributed by atoms with Crippen LogP contribution >= 0.6 is 0 Å². The molecule has 118 valence electrons. The first kappa shape index (κ1) is 16.2. The number of ether oxygens (including phenoxy) is 4. The number of rotatable bonds is 8. The third-order valence-electron chi connectivity index (χ3n) is 4.09. The average Bonchev–Trinajstić information content (AvgIpc) is 2.91. The Hall–Kier alpha value is -0.200. The Morgan fingerprint density at radius 2 is 2.05 bits per heavy atom. The Morgan fingerprint density at radius 1 is 1.25 bits per heavy atom. The highest BCUT2D eigenvalue weighted by atomic mass is 16.7. The lowest BCUT2D eigenvalue weighted by Crippen LogP contribution is -2.52. The fourth-order valence-corrected chi connectivity index (χ4v) is 3.05. The molecule has 2 rings (SSSR count). The van der Waals surface area contributed by atoms with E-state index in [4.69, 9.17) is 18.9 Å². The van der Waals surface area contributed by atoms with Crippen molar-refractivity contribution in [3.8, 4) is 0 Å². The van der Waals surface area contributed by atoms with E-state index in [2.05, 4.69) is 12.2 Å². The SMILES string of the molecule is CCCNC1CCC2(CC1OCCCOC)OCCO2. The van der Waals surface area contributed by atoms with Crippen molar-refractivity contribution in [2.75, 3.05) is 40.1 Å². The smallest absolute Gasteiger partial charge is 0.171 e. The summed E-state index contributed by atoms with van der Waals surface area (Å²) >= 11 is 0. The van der Waals surface area contributed by atoms with E-state index in [1.54, 1.807) is 7.11 Å². The molecule has 20 heavy (non-hydrogen) atoms. The maximum absolute atomic E-state index is 6.08. The second-order valence-corrected chi connectivity index (χ2v) is 5.67. The summed E-state index contributed by atoms with van der Waals surface area (Å²) in [4.78, 5) is 0. The van der Waals surface area contributed by atoms with Crippen LogP contribution in [0.2, 0.25) is 0 Å². The van der Waals surface area contributed by atoms with E-state index in [1.807, 2.05) is 0 Å². The summed E-state index contributed by atoms with van der Waals surface area (Å²) in [5.74, 6) is -0.379. The molecule has 5 nitrogen and oxygen atoms in total.